The third-order valence-corrected chi connectivity index (χ3v) is 3.76. The fourth-order valence-corrected chi connectivity index (χ4v) is 2.77. The fourth-order valence-electron chi connectivity index (χ4n) is 2.77. The normalized spacial score (nSPS) is 12.5. The molecule has 0 spiro atoms. The molecule has 86 valence electrons. The van der Waals surface area contributed by atoms with E-state index in [4.69, 9.17) is 0 Å². The quantitative estimate of drug-likeness (QED) is 0.585. The molecule has 0 fully saturated rings. The topological polar surface area (TPSA) is 25.8 Å². The molecule has 0 aliphatic heterocycles. The monoisotopic (exact) mass is 224 g/mol. The van der Waals surface area contributed by atoms with E-state index in [9.17, 15) is 0 Å². The number of rotatable bonds is 0. The zero-order chi connectivity index (χ0) is 12.2. The van der Waals surface area contributed by atoms with Gasteiger partial charge in [-0.1, -0.05) is 12.1 Å². The van der Waals surface area contributed by atoms with Gasteiger partial charge in [0.1, 0.15) is 5.82 Å². The summed E-state index contributed by atoms with van der Waals surface area (Å²) in [5, 5.41) is 0. The zero-order valence-corrected chi connectivity index (χ0v) is 10.8. The minimum Gasteiger partial charge on any atom is -0.238 e. The summed E-state index contributed by atoms with van der Waals surface area (Å²) in [6, 6.07) is 4.41. The molecule has 2 nitrogen and oxygen atoms in total. The van der Waals surface area contributed by atoms with Crippen LogP contribution in [0, 0.1) is 27.7 Å². The molecule has 0 unspecified atom stereocenters. The van der Waals surface area contributed by atoms with Crippen LogP contribution in [0.2, 0.25) is 0 Å². The van der Waals surface area contributed by atoms with Crippen molar-refractivity contribution in [3.63, 3.8) is 0 Å². The number of hydrogen-bond acceptors (Lipinski definition) is 2. The van der Waals surface area contributed by atoms with Crippen LogP contribution in [0.1, 0.15) is 33.9 Å². The molecule has 17 heavy (non-hydrogen) atoms. The van der Waals surface area contributed by atoms with Gasteiger partial charge in [0.15, 0.2) is 0 Å². The molecule has 1 aromatic carbocycles. The lowest BCUT2D eigenvalue weighted by atomic mass is 9.98. The highest BCUT2D eigenvalue weighted by atomic mass is 14.9. The third kappa shape index (κ3) is 1.40. The summed E-state index contributed by atoms with van der Waals surface area (Å²) in [6.45, 7) is 8.42. The van der Waals surface area contributed by atoms with Gasteiger partial charge in [-0.05, 0) is 49.9 Å². The fraction of sp³-hybridized carbons (Fsp3) is 0.333. The molecule has 1 aliphatic rings. The summed E-state index contributed by atoms with van der Waals surface area (Å²) in [6.07, 6.45) is 0.961. The lowest BCUT2D eigenvalue weighted by molar-refractivity contribution is 0.965. The molecule has 0 N–H and O–H groups in total. The van der Waals surface area contributed by atoms with E-state index in [0.29, 0.717) is 0 Å². The Hall–Kier alpha value is -1.70. The second-order valence-corrected chi connectivity index (χ2v) is 4.89. The van der Waals surface area contributed by atoms with Crippen LogP contribution in [0.3, 0.4) is 0 Å². The molecule has 0 saturated heterocycles. The van der Waals surface area contributed by atoms with Crippen molar-refractivity contribution in [1.82, 2.24) is 9.97 Å². The first-order valence-corrected chi connectivity index (χ1v) is 6.01. The number of aryl methyl sites for hydroxylation is 3. The summed E-state index contributed by atoms with van der Waals surface area (Å²) in [5.41, 5.74) is 9.09. The average molecular weight is 224 g/mol. The maximum absolute atomic E-state index is 4.59. The summed E-state index contributed by atoms with van der Waals surface area (Å²) in [7, 11) is 0. The van der Waals surface area contributed by atoms with Gasteiger partial charge in [-0.25, -0.2) is 9.97 Å². The lowest BCUT2D eigenvalue weighted by Crippen LogP contribution is -1.97. The first kappa shape index (κ1) is 10.5. The third-order valence-electron chi connectivity index (χ3n) is 3.76. The van der Waals surface area contributed by atoms with Crippen LogP contribution in [0.25, 0.3) is 11.1 Å². The first-order valence-electron chi connectivity index (χ1n) is 6.01. The highest BCUT2D eigenvalue weighted by Crippen LogP contribution is 2.39. The van der Waals surface area contributed by atoms with E-state index in [0.717, 1.165) is 17.9 Å². The largest absolute Gasteiger partial charge is 0.238 e. The maximum Gasteiger partial charge on any atom is 0.125 e. The molecule has 0 bridgehead atoms. The van der Waals surface area contributed by atoms with Gasteiger partial charge in [-0.15, -0.1) is 0 Å². The highest BCUT2D eigenvalue weighted by molar-refractivity contribution is 5.78. The number of benzene rings is 1. The smallest absolute Gasteiger partial charge is 0.125 e. The molecule has 2 heteroatoms. The molecule has 1 heterocycles. The Labute approximate surface area is 102 Å². The minimum atomic E-state index is 0.878. The van der Waals surface area contributed by atoms with Crippen molar-refractivity contribution in [3.8, 4) is 11.1 Å². The van der Waals surface area contributed by atoms with Crippen LogP contribution in [-0.2, 0) is 6.42 Å². The number of nitrogens with zero attached hydrogens (tertiary/aromatic N) is 2. The number of fused-ring (bicyclic) bond motifs is 3. The second kappa shape index (κ2) is 3.39. The Morgan fingerprint density at radius 1 is 1.00 bits per heavy atom. The zero-order valence-electron chi connectivity index (χ0n) is 10.8. The summed E-state index contributed by atoms with van der Waals surface area (Å²) in [5.74, 6) is 0.878. The lowest BCUT2D eigenvalue weighted by Gasteiger charge is -2.08. The summed E-state index contributed by atoms with van der Waals surface area (Å²) >= 11 is 0. The molecular formula is C15H16N2. The molecular weight excluding hydrogens is 208 g/mol. The number of aromatic nitrogens is 2. The van der Waals surface area contributed by atoms with Crippen molar-refractivity contribution < 1.29 is 0 Å². The predicted octanol–water partition coefficient (Wildman–Crippen LogP) is 3.28. The molecule has 3 rings (SSSR count). The molecule has 1 aromatic heterocycles. The maximum atomic E-state index is 4.59. The summed E-state index contributed by atoms with van der Waals surface area (Å²) in [4.78, 5) is 9.07. The van der Waals surface area contributed by atoms with Gasteiger partial charge in [0.2, 0.25) is 0 Å². The van der Waals surface area contributed by atoms with E-state index in [1.54, 1.807) is 0 Å². The molecule has 1 aliphatic carbocycles. The Bertz CT molecular complexity index is 627. The van der Waals surface area contributed by atoms with E-state index < -0.39 is 0 Å². The molecule has 0 radical (unpaired) electrons. The van der Waals surface area contributed by atoms with Gasteiger partial charge in [0.25, 0.3) is 0 Å². The van der Waals surface area contributed by atoms with Crippen LogP contribution >= 0.6 is 0 Å². The highest BCUT2D eigenvalue weighted by Gasteiger charge is 2.24. The number of hydrogen-bond donors (Lipinski definition) is 0. The predicted molar refractivity (Wildman–Crippen MR) is 69.2 cm³/mol. The van der Waals surface area contributed by atoms with Crippen molar-refractivity contribution >= 4 is 0 Å². The van der Waals surface area contributed by atoms with E-state index >= 15 is 0 Å². The van der Waals surface area contributed by atoms with Gasteiger partial charge in [-0.2, -0.15) is 0 Å². The summed E-state index contributed by atoms with van der Waals surface area (Å²) < 4.78 is 0. The molecule has 0 atom stereocenters. The van der Waals surface area contributed by atoms with Gasteiger partial charge < -0.3 is 0 Å². The van der Waals surface area contributed by atoms with Crippen LogP contribution < -0.4 is 0 Å². The van der Waals surface area contributed by atoms with Crippen LogP contribution in [0.5, 0.6) is 0 Å². The van der Waals surface area contributed by atoms with Crippen molar-refractivity contribution in [2.24, 2.45) is 0 Å². The van der Waals surface area contributed by atoms with Gasteiger partial charge in [0, 0.05) is 17.7 Å². The van der Waals surface area contributed by atoms with E-state index in [1.807, 2.05) is 6.92 Å². The van der Waals surface area contributed by atoms with Crippen LogP contribution in [0.15, 0.2) is 12.1 Å². The Morgan fingerprint density at radius 2 is 1.76 bits per heavy atom. The average Bonchev–Trinajstić information content (AvgIpc) is 2.62. The van der Waals surface area contributed by atoms with E-state index in [1.165, 1.54) is 33.5 Å². The van der Waals surface area contributed by atoms with Crippen LogP contribution in [0.4, 0.5) is 0 Å². The second-order valence-electron chi connectivity index (χ2n) is 4.89. The van der Waals surface area contributed by atoms with E-state index in [2.05, 4.69) is 42.9 Å². The van der Waals surface area contributed by atoms with Crippen molar-refractivity contribution in [1.29, 1.82) is 0 Å². The Morgan fingerprint density at radius 3 is 2.53 bits per heavy atom. The first-order chi connectivity index (χ1) is 8.08. The van der Waals surface area contributed by atoms with Gasteiger partial charge >= 0.3 is 0 Å². The minimum absolute atomic E-state index is 0.878. The Balaban J connectivity index is 2.33. The van der Waals surface area contributed by atoms with Crippen molar-refractivity contribution in [3.05, 3.63) is 46.0 Å². The van der Waals surface area contributed by atoms with Crippen molar-refractivity contribution in [2.45, 2.75) is 34.1 Å². The Kier molecular flexibility index (Phi) is 2.09. The van der Waals surface area contributed by atoms with E-state index in [-0.39, 0.29) is 0 Å². The molecule has 0 saturated carbocycles. The molecule has 0 amide bonds. The standard InChI is InChI=1S/C15H16N2/c1-8-5-6-12-13(9(8)2)7-14-15(12)10(3)16-11(4)17-14/h5-6H,7H2,1-4H3. The van der Waals surface area contributed by atoms with Crippen molar-refractivity contribution in [2.75, 3.05) is 0 Å². The SMILES string of the molecule is Cc1nc(C)c2c(n1)Cc1c-2ccc(C)c1C. The van der Waals surface area contributed by atoms with Gasteiger partial charge in [-0.3, -0.25) is 0 Å². The van der Waals surface area contributed by atoms with Gasteiger partial charge in [0.05, 0.1) is 5.69 Å². The molecule has 2 aromatic rings. The van der Waals surface area contributed by atoms with Crippen LogP contribution in [-0.4, -0.2) is 9.97 Å².